The van der Waals surface area contributed by atoms with Crippen molar-refractivity contribution in [3.05, 3.63) is 189 Å². The molecule has 4 aromatic carbocycles. The highest BCUT2D eigenvalue weighted by Crippen LogP contribution is 2.43. The van der Waals surface area contributed by atoms with Crippen LogP contribution in [0, 0.1) is 6.92 Å². The molecule has 10 nitrogen and oxygen atoms in total. The van der Waals surface area contributed by atoms with Gasteiger partial charge in [0.05, 0.1) is 33.0 Å². The number of benzene rings is 4. The number of aromatic nitrogens is 2. The minimum absolute atomic E-state index is 0.0663. The summed E-state index contributed by atoms with van der Waals surface area (Å²) >= 11 is 0. The lowest BCUT2D eigenvalue weighted by atomic mass is 9.88. The Morgan fingerprint density at radius 1 is 0.769 bits per heavy atom. The highest BCUT2D eigenvalue weighted by atomic mass is 16.6. The third-order valence-corrected chi connectivity index (χ3v) is 9.13. The van der Waals surface area contributed by atoms with E-state index in [9.17, 15) is 14.7 Å². The van der Waals surface area contributed by atoms with E-state index in [1.807, 2.05) is 121 Å². The van der Waals surface area contributed by atoms with Gasteiger partial charge in [-0.05, 0) is 29.2 Å². The zero-order valence-corrected chi connectivity index (χ0v) is 29.2. The molecule has 52 heavy (non-hydrogen) atoms. The Hall–Kier alpha value is -4.94. The largest absolute Gasteiger partial charge is 0.385 e. The molecule has 1 aromatic heterocycles. The van der Waals surface area contributed by atoms with Crippen LogP contribution in [-0.4, -0.2) is 44.8 Å². The van der Waals surface area contributed by atoms with E-state index in [2.05, 4.69) is 6.58 Å². The van der Waals surface area contributed by atoms with E-state index in [-0.39, 0.29) is 38.7 Å². The SMILES string of the molecule is C=C[C@@]1(OCc2ccccc2)[C@@H]([C@@H](COCc2ccccc2)OCc2ccccc2)O[C@@H](n2cc(C)c(=O)n(COCc3ccccc3)c2=O)[C@@H]1O. The van der Waals surface area contributed by atoms with E-state index in [0.717, 1.165) is 26.8 Å². The topological polar surface area (TPSA) is 110 Å². The summed E-state index contributed by atoms with van der Waals surface area (Å²) in [5.41, 5.74) is 1.12. The summed E-state index contributed by atoms with van der Waals surface area (Å²) in [6.07, 6.45) is -1.64. The van der Waals surface area contributed by atoms with Crippen molar-refractivity contribution in [2.75, 3.05) is 6.61 Å². The van der Waals surface area contributed by atoms with Crippen molar-refractivity contribution >= 4 is 0 Å². The summed E-state index contributed by atoms with van der Waals surface area (Å²) in [5.74, 6) is 0. The van der Waals surface area contributed by atoms with Crippen LogP contribution in [-0.2, 0) is 56.8 Å². The van der Waals surface area contributed by atoms with E-state index in [0.29, 0.717) is 6.61 Å². The van der Waals surface area contributed by atoms with Gasteiger partial charge in [0.25, 0.3) is 5.56 Å². The van der Waals surface area contributed by atoms with E-state index >= 15 is 0 Å². The predicted molar refractivity (Wildman–Crippen MR) is 196 cm³/mol. The zero-order valence-electron chi connectivity index (χ0n) is 29.2. The molecule has 1 aliphatic heterocycles. The van der Waals surface area contributed by atoms with E-state index in [4.69, 9.17) is 23.7 Å². The molecular weight excluding hydrogens is 660 g/mol. The van der Waals surface area contributed by atoms with Crippen LogP contribution in [0.5, 0.6) is 0 Å². The second-order valence-electron chi connectivity index (χ2n) is 12.8. The number of ether oxygens (including phenoxy) is 5. The van der Waals surface area contributed by atoms with Crippen molar-refractivity contribution in [1.82, 2.24) is 9.13 Å². The summed E-state index contributed by atoms with van der Waals surface area (Å²) in [6.45, 7) is 6.30. The normalized spacial score (nSPS) is 20.5. The first-order valence-corrected chi connectivity index (χ1v) is 17.3. The number of hydrogen-bond acceptors (Lipinski definition) is 8. The van der Waals surface area contributed by atoms with Gasteiger partial charge in [0.1, 0.15) is 30.6 Å². The number of nitrogens with zero attached hydrogens (tertiary/aromatic N) is 2. The molecule has 0 unspecified atom stereocenters. The summed E-state index contributed by atoms with van der Waals surface area (Å²) in [4.78, 5) is 27.3. The Balaban J connectivity index is 1.34. The Bertz CT molecular complexity index is 1990. The van der Waals surface area contributed by atoms with Gasteiger partial charge in [0, 0.05) is 11.8 Å². The lowest BCUT2D eigenvalue weighted by molar-refractivity contribution is -0.168. The zero-order chi connectivity index (χ0) is 36.3. The van der Waals surface area contributed by atoms with Crippen LogP contribution in [0.15, 0.2) is 150 Å². The number of aliphatic hydroxyl groups is 1. The lowest BCUT2D eigenvalue weighted by Gasteiger charge is -2.37. The summed E-state index contributed by atoms with van der Waals surface area (Å²) in [5, 5.41) is 12.2. The van der Waals surface area contributed by atoms with Crippen molar-refractivity contribution in [2.24, 2.45) is 0 Å². The summed E-state index contributed by atoms with van der Waals surface area (Å²) in [7, 11) is 0. The van der Waals surface area contributed by atoms with Crippen LogP contribution < -0.4 is 11.2 Å². The highest BCUT2D eigenvalue weighted by molar-refractivity contribution is 5.20. The van der Waals surface area contributed by atoms with E-state index in [1.165, 1.54) is 16.8 Å². The van der Waals surface area contributed by atoms with Crippen LogP contribution in [0.4, 0.5) is 0 Å². The van der Waals surface area contributed by atoms with Gasteiger partial charge in [0.2, 0.25) is 0 Å². The number of rotatable bonds is 17. The molecule has 0 radical (unpaired) electrons. The van der Waals surface area contributed by atoms with Crippen LogP contribution in [0.25, 0.3) is 0 Å². The molecule has 1 fully saturated rings. The standard InChI is InChI=1S/C42H44N2O8/c1-3-42(51-28-35-22-14-7-15-23-35)37(45)40(43-24-31(2)39(46)44(41(43)47)30-49-26-33-18-10-5-11-19-33)52-38(42)36(50-27-34-20-12-6-13-21-34)29-48-25-32-16-8-4-9-17-32/h3-24,36-38,40,45H,1,25-30H2,2H3/t36-,37+,38-,40-,42+/m1/s1. The maximum absolute atomic E-state index is 14.0. The number of hydrogen-bond donors (Lipinski definition) is 1. The van der Waals surface area contributed by atoms with Crippen LogP contribution in [0.2, 0.25) is 0 Å². The molecule has 0 saturated carbocycles. The van der Waals surface area contributed by atoms with E-state index < -0.39 is 41.4 Å². The maximum atomic E-state index is 14.0. The smallest absolute Gasteiger partial charge is 0.335 e. The number of aryl methyl sites for hydroxylation is 1. The summed E-state index contributed by atoms with van der Waals surface area (Å²) in [6, 6.07) is 38.4. The van der Waals surface area contributed by atoms with Crippen molar-refractivity contribution in [1.29, 1.82) is 0 Å². The lowest BCUT2D eigenvalue weighted by Crippen LogP contribution is -2.54. The average molecular weight is 705 g/mol. The fourth-order valence-corrected chi connectivity index (χ4v) is 6.31. The van der Waals surface area contributed by atoms with Gasteiger partial charge >= 0.3 is 5.69 Å². The maximum Gasteiger partial charge on any atom is 0.335 e. The van der Waals surface area contributed by atoms with Gasteiger partial charge in [-0.25, -0.2) is 9.36 Å². The van der Waals surface area contributed by atoms with Crippen LogP contribution in [0.1, 0.15) is 34.0 Å². The molecule has 10 heteroatoms. The molecule has 0 aliphatic carbocycles. The van der Waals surface area contributed by atoms with Crippen molar-refractivity contribution in [2.45, 2.75) is 70.2 Å². The van der Waals surface area contributed by atoms with Gasteiger partial charge in [0.15, 0.2) is 6.23 Å². The van der Waals surface area contributed by atoms with Crippen molar-refractivity contribution in [3.63, 3.8) is 0 Å². The van der Waals surface area contributed by atoms with Crippen LogP contribution in [0.3, 0.4) is 0 Å². The molecule has 0 bridgehead atoms. The second-order valence-corrected chi connectivity index (χ2v) is 12.8. The van der Waals surface area contributed by atoms with Gasteiger partial charge < -0.3 is 28.8 Å². The third kappa shape index (κ3) is 8.56. The molecule has 1 saturated heterocycles. The Kier molecular flexibility index (Phi) is 12.4. The molecule has 2 heterocycles. The van der Waals surface area contributed by atoms with Gasteiger partial charge in [-0.3, -0.25) is 9.36 Å². The van der Waals surface area contributed by atoms with Gasteiger partial charge in [-0.15, -0.1) is 6.58 Å². The van der Waals surface area contributed by atoms with Crippen molar-refractivity contribution in [3.8, 4) is 0 Å². The number of aliphatic hydroxyl groups excluding tert-OH is 1. The fraction of sp³-hybridized carbons (Fsp3) is 0.286. The minimum Gasteiger partial charge on any atom is -0.385 e. The average Bonchev–Trinajstić information content (AvgIpc) is 3.47. The first-order valence-electron chi connectivity index (χ1n) is 17.3. The van der Waals surface area contributed by atoms with Gasteiger partial charge in [-0.1, -0.05) is 127 Å². The molecular formula is C42H44N2O8. The molecule has 0 spiro atoms. The minimum atomic E-state index is -1.57. The predicted octanol–water partition coefficient (Wildman–Crippen LogP) is 5.69. The van der Waals surface area contributed by atoms with Gasteiger partial charge in [-0.2, -0.15) is 0 Å². The Labute approximate surface area is 303 Å². The molecule has 6 rings (SSSR count). The third-order valence-electron chi connectivity index (χ3n) is 9.13. The monoisotopic (exact) mass is 704 g/mol. The molecule has 1 aliphatic rings. The first-order chi connectivity index (χ1) is 25.4. The van der Waals surface area contributed by atoms with Crippen LogP contribution >= 0.6 is 0 Å². The molecule has 5 aromatic rings. The Morgan fingerprint density at radius 3 is 1.81 bits per heavy atom. The molecule has 0 amide bonds. The molecule has 1 N–H and O–H groups in total. The molecule has 5 atom stereocenters. The quantitative estimate of drug-likeness (QED) is 0.123. The fourth-order valence-electron chi connectivity index (χ4n) is 6.31. The van der Waals surface area contributed by atoms with E-state index in [1.54, 1.807) is 6.92 Å². The summed E-state index contributed by atoms with van der Waals surface area (Å²) < 4.78 is 34.0. The first kappa shape index (κ1) is 36.8. The molecule has 270 valence electrons. The Morgan fingerprint density at radius 2 is 1.27 bits per heavy atom. The highest BCUT2D eigenvalue weighted by Gasteiger charge is 2.59. The van der Waals surface area contributed by atoms with Crippen molar-refractivity contribution < 1.29 is 28.8 Å². The second kappa shape index (κ2) is 17.5.